The molecule has 0 unspecified atom stereocenters. The number of benzene rings is 4. The van der Waals surface area contributed by atoms with Gasteiger partial charge in [0.1, 0.15) is 30.0 Å². The van der Waals surface area contributed by atoms with E-state index in [1.807, 2.05) is 75.4 Å². The standard InChI is InChI=1S/C44H51N5O9S/c1-30(50)46-39(25-32-9-7-6-8-10-32)43(54)47-38(42(53)45-24-23-31-11-13-34(14-12-31)27-41(52)58-44(2,3)4)26-33-15-19-36(20-16-33)48-29-40(51)49(59(48,55)56)28-35-17-21-37(57-5)22-18-35/h6-22,38-39H,23-29H2,1-5H3,(H,45,53)(H,46,50)(H,47,54)/t38-,39-/m0/s1. The number of hydrogen-bond acceptors (Lipinski definition) is 9. The van der Waals surface area contributed by atoms with Crippen molar-refractivity contribution >= 4 is 45.5 Å². The lowest BCUT2D eigenvalue weighted by Crippen LogP contribution is -2.55. The predicted molar refractivity (Wildman–Crippen MR) is 222 cm³/mol. The molecule has 4 amide bonds. The van der Waals surface area contributed by atoms with Crippen LogP contribution >= 0.6 is 0 Å². The molecule has 0 aromatic heterocycles. The van der Waals surface area contributed by atoms with Gasteiger partial charge < -0.3 is 25.4 Å². The molecule has 1 fully saturated rings. The summed E-state index contributed by atoms with van der Waals surface area (Å²) in [6.45, 7) is 6.47. The Morgan fingerprint density at radius 2 is 1.29 bits per heavy atom. The molecular formula is C44H51N5O9S. The monoisotopic (exact) mass is 825 g/mol. The van der Waals surface area contributed by atoms with Crippen molar-refractivity contribution in [1.82, 2.24) is 20.3 Å². The van der Waals surface area contributed by atoms with E-state index in [1.54, 1.807) is 48.5 Å². The van der Waals surface area contributed by atoms with Gasteiger partial charge in [0.05, 0.1) is 25.8 Å². The normalized spacial score (nSPS) is 14.6. The number of carbonyl (C=O) groups excluding carboxylic acids is 5. The van der Waals surface area contributed by atoms with Gasteiger partial charge in [0.15, 0.2) is 0 Å². The number of nitrogens with zero attached hydrogens (tertiary/aromatic N) is 2. The number of rotatable bonds is 17. The maximum atomic E-state index is 13.8. The van der Waals surface area contributed by atoms with Crippen LogP contribution in [0.25, 0.3) is 0 Å². The largest absolute Gasteiger partial charge is 0.497 e. The number of anilines is 1. The minimum absolute atomic E-state index is 0.0324. The van der Waals surface area contributed by atoms with Crippen LogP contribution < -0.4 is 25.0 Å². The molecule has 4 aromatic carbocycles. The van der Waals surface area contributed by atoms with Crippen molar-refractivity contribution in [2.45, 2.75) is 77.6 Å². The number of hydrogen-bond donors (Lipinski definition) is 3. The fourth-order valence-electron chi connectivity index (χ4n) is 6.46. The molecule has 1 aliphatic heterocycles. The minimum Gasteiger partial charge on any atom is -0.497 e. The number of methoxy groups -OCH3 is 1. The Labute approximate surface area is 345 Å². The lowest BCUT2D eigenvalue weighted by molar-refractivity contribution is -0.154. The maximum Gasteiger partial charge on any atom is 0.329 e. The van der Waals surface area contributed by atoms with Gasteiger partial charge >= 0.3 is 16.2 Å². The van der Waals surface area contributed by atoms with Crippen LogP contribution in [0.15, 0.2) is 103 Å². The van der Waals surface area contributed by atoms with Crippen molar-refractivity contribution in [3.8, 4) is 5.75 Å². The van der Waals surface area contributed by atoms with E-state index in [9.17, 15) is 32.4 Å². The van der Waals surface area contributed by atoms with Crippen LogP contribution in [-0.4, -0.2) is 80.2 Å². The summed E-state index contributed by atoms with van der Waals surface area (Å²) in [5.41, 5.74) is 3.42. The van der Waals surface area contributed by atoms with Crippen LogP contribution in [-0.2, 0) is 71.1 Å². The summed E-state index contributed by atoms with van der Waals surface area (Å²) in [5.74, 6) is -1.73. The van der Waals surface area contributed by atoms with E-state index in [1.165, 1.54) is 14.0 Å². The van der Waals surface area contributed by atoms with Crippen LogP contribution in [0, 0.1) is 0 Å². The third kappa shape index (κ3) is 12.6. The smallest absolute Gasteiger partial charge is 0.329 e. The Hall–Kier alpha value is -6.22. The second kappa shape index (κ2) is 19.5. The zero-order valence-electron chi connectivity index (χ0n) is 33.9. The molecule has 4 aromatic rings. The molecule has 312 valence electrons. The van der Waals surface area contributed by atoms with Crippen molar-refractivity contribution in [2.24, 2.45) is 0 Å². The summed E-state index contributed by atoms with van der Waals surface area (Å²) in [7, 11) is -2.67. The third-order valence-corrected chi connectivity index (χ3v) is 11.2. The number of carbonyl (C=O) groups is 5. The zero-order valence-corrected chi connectivity index (χ0v) is 34.7. The topological polar surface area (TPSA) is 181 Å². The van der Waals surface area contributed by atoms with Crippen molar-refractivity contribution in [2.75, 3.05) is 24.5 Å². The molecule has 5 rings (SSSR count). The summed E-state index contributed by atoms with van der Waals surface area (Å²) in [6.07, 6.45) is 0.826. The highest BCUT2D eigenvalue weighted by Crippen LogP contribution is 2.28. The first kappa shape index (κ1) is 43.9. The summed E-state index contributed by atoms with van der Waals surface area (Å²) >= 11 is 0. The molecular weight excluding hydrogens is 775 g/mol. The van der Waals surface area contributed by atoms with Crippen LogP contribution in [0.1, 0.15) is 55.5 Å². The molecule has 59 heavy (non-hydrogen) atoms. The molecule has 3 N–H and O–H groups in total. The Morgan fingerprint density at radius 1 is 0.729 bits per heavy atom. The number of nitrogens with one attached hydrogen (secondary N) is 3. The Balaban J connectivity index is 1.28. The van der Waals surface area contributed by atoms with Gasteiger partial charge in [-0.3, -0.25) is 24.0 Å². The summed E-state index contributed by atoms with van der Waals surface area (Å²) in [5, 5.41) is 8.43. The average Bonchev–Trinajstić information content (AvgIpc) is 3.41. The van der Waals surface area contributed by atoms with E-state index in [0.717, 1.165) is 25.3 Å². The van der Waals surface area contributed by atoms with Gasteiger partial charge in [-0.25, -0.2) is 8.61 Å². The quantitative estimate of drug-likeness (QED) is 0.134. The summed E-state index contributed by atoms with van der Waals surface area (Å²) in [4.78, 5) is 64.9. The zero-order chi connectivity index (χ0) is 42.7. The third-order valence-electron chi connectivity index (χ3n) is 9.38. The van der Waals surface area contributed by atoms with Crippen molar-refractivity contribution in [3.63, 3.8) is 0 Å². The Morgan fingerprint density at radius 3 is 1.88 bits per heavy atom. The summed E-state index contributed by atoms with van der Waals surface area (Å²) < 4.78 is 39.5. The maximum absolute atomic E-state index is 13.8. The van der Waals surface area contributed by atoms with Gasteiger partial charge in [-0.2, -0.15) is 8.42 Å². The molecule has 0 bridgehead atoms. The molecule has 2 atom stereocenters. The number of amides is 4. The minimum atomic E-state index is -4.19. The Bertz CT molecular complexity index is 2210. The number of esters is 1. The molecule has 0 saturated carbocycles. The fourth-order valence-corrected chi connectivity index (χ4v) is 7.99. The molecule has 15 heteroatoms. The first-order valence-electron chi connectivity index (χ1n) is 19.2. The van der Waals surface area contributed by atoms with Crippen molar-refractivity contribution in [3.05, 3.63) is 131 Å². The number of ether oxygens (including phenoxy) is 2. The highest BCUT2D eigenvalue weighted by molar-refractivity contribution is 7.91. The van der Waals surface area contributed by atoms with E-state index in [0.29, 0.717) is 23.3 Å². The lowest BCUT2D eigenvalue weighted by Gasteiger charge is -2.24. The lowest BCUT2D eigenvalue weighted by atomic mass is 10.0. The second-order valence-electron chi connectivity index (χ2n) is 15.3. The molecule has 1 aliphatic rings. The van der Waals surface area contributed by atoms with Gasteiger partial charge in [-0.1, -0.05) is 78.9 Å². The second-order valence-corrected chi connectivity index (χ2v) is 17.0. The molecule has 14 nitrogen and oxygen atoms in total. The van der Waals surface area contributed by atoms with Gasteiger partial charge in [0, 0.05) is 26.3 Å². The van der Waals surface area contributed by atoms with E-state index >= 15 is 0 Å². The van der Waals surface area contributed by atoms with E-state index in [4.69, 9.17) is 9.47 Å². The fraction of sp³-hybridized carbons (Fsp3) is 0.341. The van der Waals surface area contributed by atoms with E-state index in [2.05, 4.69) is 16.0 Å². The SMILES string of the molecule is COc1ccc(CN2C(=O)CN(c3ccc(C[C@H](NC(=O)[C@H](Cc4ccccc4)NC(C)=O)C(=O)NCCc4ccc(CC(=O)OC(C)(C)C)cc4)cc3)S2(=O)=O)cc1. The van der Waals surface area contributed by atoms with Gasteiger partial charge in [0.25, 0.3) is 5.91 Å². The highest BCUT2D eigenvalue weighted by Gasteiger charge is 2.42. The van der Waals surface area contributed by atoms with Crippen molar-refractivity contribution < 1.29 is 41.9 Å². The van der Waals surface area contributed by atoms with E-state index in [-0.39, 0.29) is 50.6 Å². The molecule has 0 radical (unpaired) electrons. The van der Waals surface area contributed by atoms with Gasteiger partial charge in [-0.15, -0.1) is 0 Å². The van der Waals surface area contributed by atoms with Crippen LogP contribution in [0.3, 0.4) is 0 Å². The van der Waals surface area contributed by atoms with Crippen molar-refractivity contribution in [1.29, 1.82) is 0 Å². The first-order chi connectivity index (χ1) is 28.0. The van der Waals surface area contributed by atoms with Crippen LogP contribution in [0.4, 0.5) is 5.69 Å². The summed E-state index contributed by atoms with van der Waals surface area (Å²) in [6, 6.07) is 27.7. The first-order valence-corrected chi connectivity index (χ1v) is 20.6. The van der Waals surface area contributed by atoms with Crippen LogP contribution in [0.2, 0.25) is 0 Å². The predicted octanol–water partition coefficient (Wildman–Crippen LogP) is 3.81. The Kier molecular flexibility index (Phi) is 14.5. The average molecular weight is 826 g/mol. The highest BCUT2D eigenvalue weighted by atomic mass is 32.2. The molecule has 0 aliphatic carbocycles. The molecule has 1 heterocycles. The molecule has 0 spiro atoms. The van der Waals surface area contributed by atoms with Crippen LogP contribution in [0.5, 0.6) is 5.75 Å². The van der Waals surface area contributed by atoms with E-state index < -0.39 is 51.5 Å². The van der Waals surface area contributed by atoms with Gasteiger partial charge in [-0.05, 0) is 79.3 Å². The van der Waals surface area contributed by atoms with Gasteiger partial charge in [0.2, 0.25) is 17.7 Å². The molecule has 1 saturated heterocycles.